The number of nitrogens with one attached hydrogen (secondary N) is 1. The van der Waals surface area contributed by atoms with Crippen molar-refractivity contribution in [1.29, 1.82) is 0 Å². The fourth-order valence-corrected chi connectivity index (χ4v) is 1.30. The molecule has 1 rings (SSSR count). The summed E-state index contributed by atoms with van der Waals surface area (Å²) in [4.78, 5) is 6.88. The normalized spacial score (nSPS) is 10.5. The van der Waals surface area contributed by atoms with Gasteiger partial charge in [0.2, 0.25) is 5.95 Å². The Balaban J connectivity index is 0.00000169. The summed E-state index contributed by atoms with van der Waals surface area (Å²) in [5, 5.41) is -0.0719. The van der Waals surface area contributed by atoms with Gasteiger partial charge in [-0.15, -0.1) is 0 Å². The third-order valence-corrected chi connectivity index (χ3v) is 1.71. The molecule has 10 heteroatoms. The number of nitrogens with zero attached hydrogens (tertiary/aromatic N) is 2. The van der Waals surface area contributed by atoms with E-state index in [1.54, 1.807) is 4.72 Å². The van der Waals surface area contributed by atoms with Crippen molar-refractivity contribution in [2.45, 2.75) is 0 Å². The van der Waals surface area contributed by atoms with Crippen LogP contribution in [0.25, 0.3) is 0 Å². The Kier molecular flexibility index (Phi) is 5.60. The number of halogens is 2. The zero-order valence-corrected chi connectivity index (χ0v) is 8.23. The van der Waals surface area contributed by atoms with E-state index in [2.05, 4.69) is 9.97 Å². The summed E-state index contributed by atoms with van der Waals surface area (Å²) in [6, 6.07) is 1.22. The Bertz CT molecular complexity index is 406. The van der Waals surface area contributed by atoms with Crippen molar-refractivity contribution in [3.63, 3.8) is 0 Å². The van der Waals surface area contributed by atoms with Crippen LogP contribution in [-0.4, -0.2) is 52.5 Å². The quantitative estimate of drug-likeness (QED) is 0.458. The Morgan fingerprint density at radius 3 is 2.07 bits per heavy atom. The molecule has 1 heterocycles. The van der Waals surface area contributed by atoms with Crippen LogP contribution in [0.1, 0.15) is 0 Å². The second kappa shape index (κ2) is 5.45. The van der Waals surface area contributed by atoms with Gasteiger partial charge in [0.05, 0.1) is 0 Å². The van der Waals surface area contributed by atoms with Crippen LogP contribution in [0.5, 0.6) is 0 Å². The first-order valence-electron chi connectivity index (χ1n) is 2.82. The minimum atomic E-state index is -4.40. The molecule has 0 aliphatic heterocycles. The molecule has 0 unspecified atom stereocenters. The van der Waals surface area contributed by atoms with E-state index in [1.807, 2.05) is 0 Å². The molecule has 0 amide bonds. The molecule has 2 N–H and O–H groups in total. The van der Waals surface area contributed by atoms with Crippen molar-refractivity contribution in [2.24, 2.45) is 0 Å². The van der Waals surface area contributed by atoms with Gasteiger partial charge in [-0.25, -0.2) is 14.7 Å². The molecule has 0 saturated carbocycles. The van der Waals surface area contributed by atoms with Crippen LogP contribution in [0.2, 0.25) is 10.3 Å². The van der Waals surface area contributed by atoms with E-state index in [4.69, 9.17) is 27.8 Å². The molecule has 0 atom stereocenters. The van der Waals surface area contributed by atoms with E-state index in [0.717, 1.165) is 0 Å². The van der Waals surface area contributed by atoms with Gasteiger partial charge in [0.25, 0.3) is 0 Å². The average molecular weight is 268 g/mol. The van der Waals surface area contributed by atoms with E-state index in [1.165, 1.54) is 6.07 Å². The molecule has 14 heavy (non-hydrogen) atoms. The molecule has 74 valence electrons. The van der Waals surface area contributed by atoms with Gasteiger partial charge in [-0.2, -0.15) is 8.42 Å². The number of hydrogen-bond donors (Lipinski definition) is 2. The van der Waals surface area contributed by atoms with Crippen LogP contribution in [0.3, 0.4) is 0 Å². The van der Waals surface area contributed by atoms with Crippen LogP contribution < -0.4 is 4.72 Å². The number of hydrogen-bond acceptors (Lipinski definition) is 4. The van der Waals surface area contributed by atoms with Gasteiger partial charge in [0, 0.05) is 6.07 Å². The molecule has 0 radical (unpaired) electrons. The van der Waals surface area contributed by atoms with Crippen LogP contribution in [-0.2, 0) is 10.3 Å². The molecule has 0 bridgehead atoms. The van der Waals surface area contributed by atoms with E-state index in [9.17, 15) is 8.42 Å². The predicted molar refractivity (Wildman–Crippen MR) is 54.4 cm³/mol. The number of aromatic nitrogens is 2. The number of anilines is 1. The van der Waals surface area contributed by atoms with Gasteiger partial charge < -0.3 is 0 Å². The molecule has 0 aliphatic rings. The van der Waals surface area contributed by atoms with Crippen molar-refractivity contribution in [1.82, 2.24) is 9.97 Å². The van der Waals surface area contributed by atoms with Gasteiger partial charge in [-0.1, -0.05) is 23.2 Å². The number of rotatable bonds is 2. The fourth-order valence-electron chi connectivity index (χ4n) is 0.551. The second-order valence-corrected chi connectivity index (χ2v) is 3.84. The van der Waals surface area contributed by atoms with Gasteiger partial charge in [-0.05, 0) is 0 Å². The maximum atomic E-state index is 10.3. The first-order valence-corrected chi connectivity index (χ1v) is 5.02. The summed E-state index contributed by atoms with van der Waals surface area (Å²) in [6.45, 7) is 0. The Labute approximate surface area is 112 Å². The minimum absolute atomic E-state index is 0. The van der Waals surface area contributed by atoms with Crippen LogP contribution in [0.15, 0.2) is 6.07 Å². The van der Waals surface area contributed by atoms with Crippen LogP contribution in [0.4, 0.5) is 5.95 Å². The molecule has 6 nitrogen and oxygen atoms in total. The summed E-state index contributed by atoms with van der Waals surface area (Å²) >= 11 is 10.9. The Morgan fingerprint density at radius 2 is 1.71 bits per heavy atom. The van der Waals surface area contributed by atoms with Gasteiger partial charge in [0.1, 0.15) is 10.3 Å². The van der Waals surface area contributed by atoms with Crippen LogP contribution in [0, 0.1) is 0 Å². The molecule has 1 aromatic rings. The van der Waals surface area contributed by atoms with Crippen molar-refractivity contribution in [2.75, 3.05) is 4.72 Å². The molecular formula is C4H4Cl2N3NaO3S. The van der Waals surface area contributed by atoms with E-state index in [-0.39, 0.29) is 45.8 Å². The Morgan fingerprint density at radius 1 is 1.29 bits per heavy atom. The third kappa shape index (κ3) is 5.30. The average Bonchev–Trinajstić information content (AvgIpc) is 1.78. The molecule has 0 spiro atoms. The predicted octanol–water partition coefficient (Wildman–Crippen LogP) is 0.350. The molecule has 0 aromatic carbocycles. The van der Waals surface area contributed by atoms with E-state index >= 15 is 0 Å². The first-order chi connectivity index (χ1) is 5.87. The second-order valence-electron chi connectivity index (χ2n) is 1.91. The van der Waals surface area contributed by atoms with Gasteiger partial charge >= 0.3 is 39.9 Å². The fraction of sp³-hybridized carbons (Fsp3) is 0. The molecule has 0 aliphatic carbocycles. The topological polar surface area (TPSA) is 92.2 Å². The first kappa shape index (κ1) is 14.4. The molecule has 0 fully saturated rings. The summed E-state index contributed by atoms with van der Waals surface area (Å²) in [5.41, 5.74) is 0. The van der Waals surface area contributed by atoms with E-state index < -0.39 is 10.3 Å². The van der Waals surface area contributed by atoms with E-state index in [0.29, 0.717) is 0 Å². The van der Waals surface area contributed by atoms with Crippen molar-refractivity contribution >= 4 is 69.0 Å². The monoisotopic (exact) mass is 267 g/mol. The third-order valence-electron chi connectivity index (χ3n) is 0.884. The summed E-state index contributed by atoms with van der Waals surface area (Å²) in [6.07, 6.45) is 0. The SMILES string of the molecule is O=S(=O)(O)Nc1nc(Cl)cc(Cl)n1.[NaH]. The van der Waals surface area contributed by atoms with Crippen molar-refractivity contribution in [3.05, 3.63) is 16.4 Å². The standard InChI is InChI=1S/C4H3Cl2N3O3S.Na.H/c5-2-1-3(6)8-4(7-2)9-13(10,11)12;;/h1H,(H,7,8,9)(H,10,11,12);;. The van der Waals surface area contributed by atoms with Crippen LogP contribution >= 0.6 is 23.2 Å². The van der Waals surface area contributed by atoms with Gasteiger partial charge in [-0.3, -0.25) is 4.55 Å². The van der Waals surface area contributed by atoms with Crippen molar-refractivity contribution in [3.8, 4) is 0 Å². The maximum absolute atomic E-state index is 10.3. The molecular weight excluding hydrogens is 264 g/mol. The van der Waals surface area contributed by atoms with Gasteiger partial charge in [0.15, 0.2) is 0 Å². The summed E-state index contributed by atoms with van der Waals surface area (Å²) < 4.78 is 30.6. The summed E-state index contributed by atoms with van der Waals surface area (Å²) in [7, 11) is -4.40. The molecule has 1 aromatic heterocycles. The van der Waals surface area contributed by atoms with Crippen molar-refractivity contribution < 1.29 is 13.0 Å². The zero-order chi connectivity index (χ0) is 10.1. The molecule has 0 saturated heterocycles. The Hall–Kier alpha value is 0.370. The zero-order valence-electron chi connectivity index (χ0n) is 5.90. The summed E-state index contributed by atoms with van der Waals surface area (Å²) in [5.74, 6) is -0.389.